The van der Waals surface area contributed by atoms with E-state index in [1.54, 1.807) is 12.1 Å². The van der Waals surface area contributed by atoms with Crippen LogP contribution in [0.4, 0.5) is 5.69 Å². The largest absolute Gasteiger partial charge is 0.320 e. The van der Waals surface area contributed by atoms with Gasteiger partial charge in [0.2, 0.25) is 0 Å². The summed E-state index contributed by atoms with van der Waals surface area (Å²) in [6.45, 7) is 5.10. The average Bonchev–Trinajstić information content (AvgIpc) is 2.70. The number of hydrogen-bond donors (Lipinski definition) is 2. The zero-order valence-corrected chi connectivity index (χ0v) is 16.5. The van der Waals surface area contributed by atoms with E-state index in [0.717, 1.165) is 25.2 Å². The first-order valence-electron chi connectivity index (χ1n) is 9.30. The molecule has 7 heteroatoms. The van der Waals surface area contributed by atoms with Gasteiger partial charge >= 0.3 is 0 Å². The molecule has 1 amide bonds. The molecule has 0 aliphatic carbocycles. The van der Waals surface area contributed by atoms with E-state index in [1.165, 1.54) is 17.1 Å². The Morgan fingerprint density at radius 1 is 1.21 bits per heavy atom. The maximum absolute atomic E-state index is 12.6. The number of fused-ring (bicyclic) bond motifs is 1. The molecule has 2 N–H and O–H groups in total. The highest BCUT2D eigenvalue weighted by atomic mass is 32.2. The van der Waals surface area contributed by atoms with E-state index in [4.69, 9.17) is 0 Å². The summed E-state index contributed by atoms with van der Waals surface area (Å²) in [7, 11) is 0. The molecule has 144 valence electrons. The number of nitrogens with zero attached hydrogens (tertiary/aromatic N) is 2. The van der Waals surface area contributed by atoms with Gasteiger partial charge in [0.25, 0.3) is 11.5 Å². The van der Waals surface area contributed by atoms with Crippen LogP contribution in [0.5, 0.6) is 0 Å². The van der Waals surface area contributed by atoms with E-state index in [9.17, 15) is 9.59 Å². The smallest absolute Gasteiger partial charge is 0.280 e. The van der Waals surface area contributed by atoms with Crippen molar-refractivity contribution in [3.05, 3.63) is 69.6 Å². The number of carbonyl (C=O) groups is 1. The number of hydrogen-bond acceptors (Lipinski definition) is 5. The Hall–Kier alpha value is -2.64. The first-order valence-corrected chi connectivity index (χ1v) is 10.5. The van der Waals surface area contributed by atoms with Gasteiger partial charge in [0.1, 0.15) is 0 Å². The van der Waals surface area contributed by atoms with Gasteiger partial charge in [-0.25, -0.2) is 4.98 Å². The molecule has 2 heterocycles. The number of amides is 1. The summed E-state index contributed by atoms with van der Waals surface area (Å²) in [5, 5.41) is 2.82. The van der Waals surface area contributed by atoms with E-state index in [0.29, 0.717) is 16.7 Å². The fourth-order valence-electron chi connectivity index (χ4n) is 3.35. The minimum atomic E-state index is -0.504. The van der Waals surface area contributed by atoms with Crippen molar-refractivity contribution in [2.24, 2.45) is 0 Å². The SMILES string of the molecule is Cc1cc(CN2CCSCC2)ccc1NC(=O)c1nc2ccccc2[nH]c1=O. The molecule has 0 saturated carbocycles. The predicted molar refractivity (Wildman–Crippen MR) is 114 cm³/mol. The van der Waals surface area contributed by atoms with Gasteiger partial charge in [0, 0.05) is 36.8 Å². The molecule has 0 spiro atoms. The highest BCUT2D eigenvalue weighted by Crippen LogP contribution is 2.20. The molecule has 0 unspecified atom stereocenters. The zero-order valence-electron chi connectivity index (χ0n) is 15.7. The summed E-state index contributed by atoms with van der Waals surface area (Å²) in [5.74, 6) is 1.86. The van der Waals surface area contributed by atoms with Crippen LogP contribution in [0, 0.1) is 6.92 Å². The summed E-state index contributed by atoms with van der Waals surface area (Å²) in [6.07, 6.45) is 0. The van der Waals surface area contributed by atoms with Gasteiger partial charge in [-0.3, -0.25) is 14.5 Å². The molecule has 3 aromatic rings. The van der Waals surface area contributed by atoms with Gasteiger partial charge in [-0.2, -0.15) is 11.8 Å². The lowest BCUT2D eigenvalue weighted by molar-refractivity contribution is 0.102. The molecule has 1 aliphatic heterocycles. The van der Waals surface area contributed by atoms with E-state index in [1.807, 2.05) is 43.0 Å². The number of carbonyl (C=O) groups excluding carboxylic acids is 1. The molecule has 0 radical (unpaired) electrons. The number of nitrogens with one attached hydrogen (secondary N) is 2. The molecule has 1 aromatic heterocycles. The maximum atomic E-state index is 12.6. The minimum absolute atomic E-state index is 0.131. The fraction of sp³-hybridized carbons (Fsp3) is 0.286. The lowest BCUT2D eigenvalue weighted by Crippen LogP contribution is -2.32. The summed E-state index contributed by atoms with van der Waals surface area (Å²) >= 11 is 2.00. The maximum Gasteiger partial charge on any atom is 0.280 e. The Morgan fingerprint density at radius 3 is 2.79 bits per heavy atom. The van der Waals surface area contributed by atoms with Gasteiger partial charge < -0.3 is 10.3 Å². The standard InChI is InChI=1S/C21H22N4O2S/c1-14-12-15(13-25-8-10-28-11-9-25)6-7-16(14)23-20(26)19-21(27)24-18-5-3-2-4-17(18)22-19/h2-7,12H,8-11,13H2,1H3,(H,23,26)(H,24,27). The van der Waals surface area contributed by atoms with Crippen LogP contribution in [-0.4, -0.2) is 45.4 Å². The molecule has 0 atom stereocenters. The molecule has 2 aromatic carbocycles. The summed E-state index contributed by atoms with van der Waals surface area (Å²) in [4.78, 5) is 34.3. The highest BCUT2D eigenvalue weighted by Gasteiger charge is 2.16. The summed E-state index contributed by atoms with van der Waals surface area (Å²) in [5.41, 5.74) is 3.46. The number of aromatic nitrogens is 2. The average molecular weight is 395 g/mol. The lowest BCUT2D eigenvalue weighted by atomic mass is 10.1. The second-order valence-electron chi connectivity index (χ2n) is 6.92. The topological polar surface area (TPSA) is 78.1 Å². The molecule has 4 rings (SSSR count). The molecule has 1 saturated heterocycles. The number of aryl methyl sites for hydroxylation is 1. The van der Waals surface area contributed by atoms with Crippen LogP contribution in [0.25, 0.3) is 11.0 Å². The predicted octanol–water partition coefficient (Wildman–Crippen LogP) is 3.03. The van der Waals surface area contributed by atoms with Crippen molar-refractivity contribution in [3.63, 3.8) is 0 Å². The van der Waals surface area contributed by atoms with E-state index >= 15 is 0 Å². The van der Waals surface area contributed by atoms with Gasteiger partial charge in [0.15, 0.2) is 5.69 Å². The van der Waals surface area contributed by atoms with Crippen LogP contribution in [-0.2, 0) is 6.54 Å². The molecule has 1 fully saturated rings. The number of H-pyrrole nitrogens is 1. The van der Waals surface area contributed by atoms with Crippen LogP contribution in [0.1, 0.15) is 21.6 Å². The second-order valence-corrected chi connectivity index (χ2v) is 8.15. The monoisotopic (exact) mass is 394 g/mol. The quantitative estimate of drug-likeness (QED) is 0.711. The van der Waals surface area contributed by atoms with E-state index in [2.05, 4.69) is 26.3 Å². The second kappa shape index (κ2) is 8.16. The molecule has 28 heavy (non-hydrogen) atoms. The Balaban J connectivity index is 1.51. The third-order valence-electron chi connectivity index (χ3n) is 4.86. The molecular formula is C21H22N4O2S. The van der Waals surface area contributed by atoms with Crippen molar-refractivity contribution in [1.29, 1.82) is 0 Å². The van der Waals surface area contributed by atoms with Crippen LogP contribution in [0.2, 0.25) is 0 Å². The number of rotatable bonds is 4. The van der Waals surface area contributed by atoms with Crippen molar-refractivity contribution >= 4 is 34.4 Å². The number of para-hydroxylation sites is 2. The number of anilines is 1. The van der Waals surface area contributed by atoms with Gasteiger partial charge in [-0.05, 0) is 36.2 Å². The summed E-state index contributed by atoms with van der Waals surface area (Å²) < 4.78 is 0. The van der Waals surface area contributed by atoms with Crippen molar-refractivity contribution in [2.75, 3.05) is 29.9 Å². The molecular weight excluding hydrogens is 372 g/mol. The number of thioether (sulfide) groups is 1. The van der Waals surface area contributed by atoms with Gasteiger partial charge in [-0.1, -0.05) is 24.3 Å². The van der Waals surface area contributed by atoms with Crippen LogP contribution < -0.4 is 10.9 Å². The van der Waals surface area contributed by atoms with Crippen molar-refractivity contribution in [2.45, 2.75) is 13.5 Å². The van der Waals surface area contributed by atoms with Crippen molar-refractivity contribution in [3.8, 4) is 0 Å². The first-order chi connectivity index (χ1) is 13.6. The first kappa shape index (κ1) is 18.7. The zero-order chi connectivity index (χ0) is 19.5. The fourth-order valence-corrected chi connectivity index (χ4v) is 4.33. The van der Waals surface area contributed by atoms with Crippen molar-refractivity contribution < 1.29 is 4.79 Å². The third kappa shape index (κ3) is 4.10. The lowest BCUT2D eigenvalue weighted by Gasteiger charge is -2.26. The molecule has 6 nitrogen and oxygen atoms in total. The van der Waals surface area contributed by atoms with Gasteiger partial charge in [0.05, 0.1) is 11.0 Å². The Kier molecular flexibility index (Phi) is 5.45. The highest BCUT2D eigenvalue weighted by molar-refractivity contribution is 7.99. The molecule has 1 aliphatic rings. The number of benzene rings is 2. The Morgan fingerprint density at radius 2 is 2.00 bits per heavy atom. The minimum Gasteiger partial charge on any atom is -0.320 e. The van der Waals surface area contributed by atoms with Crippen LogP contribution >= 0.6 is 11.8 Å². The van der Waals surface area contributed by atoms with Crippen LogP contribution in [0.3, 0.4) is 0 Å². The van der Waals surface area contributed by atoms with Gasteiger partial charge in [-0.15, -0.1) is 0 Å². The number of aromatic amines is 1. The van der Waals surface area contributed by atoms with Crippen molar-refractivity contribution in [1.82, 2.24) is 14.9 Å². The normalized spacial score (nSPS) is 14.9. The van der Waals surface area contributed by atoms with E-state index in [-0.39, 0.29) is 5.69 Å². The third-order valence-corrected chi connectivity index (χ3v) is 5.81. The van der Waals surface area contributed by atoms with Crippen LogP contribution in [0.15, 0.2) is 47.3 Å². The molecule has 0 bridgehead atoms. The summed E-state index contributed by atoms with van der Waals surface area (Å²) in [6, 6.07) is 13.2. The Bertz CT molecular complexity index is 1070. The van der Waals surface area contributed by atoms with E-state index < -0.39 is 11.5 Å². The Labute approximate surface area is 167 Å².